The SMILES string of the molecule is CC(C)(C)N(C(=O)O)C(CO)CNC(=O)OCc1ccccc1. The Morgan fingerprint density at radius 2 is 1.87 bits per heavy atom. The molecule has 0 saturated heterocycles. The summed E-state index contributed by atoms with van der Waals surface area (Å²) in [6.45, 7) is 4.85. The van der Waals surface area contributed by atoms with Gasteiger partial charge in [-0.3, -0.25) is 4.90 Å². The van der Waals surface area contributed by atoms with Crippen LogP contribution in [0.3, 0.4) is 0 Å². The van der Waals surface area contributed by atoms with Crippen LogP contribution < -0.4 is 5.32 Å². The standard InChI is InChI=1S/C16H24N2O5/c1-16(2,3)18(15(21)22)13(10-19)9-17-14(20)23-11-12-7-5-4-6-8-12/h4-8,13,19H,9-11H2,1-3H3,(H,17,20)(H,21,22). The minimum Gasteiger partial charge on any atom is -0.465 e. The number of carboxylic acid groups (broad SMARTS) is 1. The molecular weight excluding hydrogens is 300 g/mol. The predicted octanol–water partition coefficient (Wildman–Crippen LogP) is 2.05. The first kappa shape index (κ1) is 18.8. The first-order valence-corrected chi connectivity index (χ1v) is 7.33. The Labute approximate surface area is 135 Å². The Hall–Kier alpha value is -2.28. The van der Waals surface area contributed by atoms with Crippen LogP contribution in [0.5, 0.6) is 0 Å². The van der Waals surface area contributed by atoms with Crippen molar-refractivity contribution in [1.29, 1.82) is 0 Å². The summed E-state index contributed by atoms with van der Waals surface area (Å²) in [5.74, 6) is 0. The van der Waals surface area contributed by atoms with Crippen molar-refractivity contribution >= 4 is 12.2 Å². The maximum Gasteiger partial charge on any atom is 0.408 e. The second-order valence-corrected chi connectivity index (χ2v) is 6.10. The van der Waals surface area contributed by atoms with Gasteiger partial charge < -0.3 is 20.3 Å². The number of carbonyl (C=O) groups is 2. The minimum atomic E-state index is -1.16. The fraction of sp³-hybridized carbons (Fsp3) is 0.500. The number of ether oxygens (including phenoxy) is 1. The number of carbonyl (C=O) groups excluding carboxylic acids is 1. The van der Waals surface area contributed by atoms with Crippen molar-refractivity contribution in [2.75, 3.05) is 13.2 Å². The van der Waals surface area contributed by atoms with Crippen LogP contribution in [0.1, 0.15) is 26.3 Å². The summed E-state index contributed by atoms with van der Waals surface area (Å²) in [6, 6.07) is 8.45. The lowest BCUT2D eigenvalue weighted by Gasteiger charge is -2.38. The lowest BCUT2D eigenvalue weighted by Crippen LogP contribution is -2.56. The molecule has 2 amide bonds. The van der Waals surface area contributed by atoms with Gasteiger partial charge >= 0.3 is 12.2 Å². The van der Waals surface area contributed by atoms with E-state index < -0.39 is 30.4 Å². The first-order chi connectivity index (χ1) is 10.8. The molecule has 0 heterocycles. The highest BCUT2D eigenvalue weighted by Crippen LogP contribution is 2.17. The maximum atomic E-state index is 11.7. The molecule has 23 heavy (non-hydrogen) atoms. The number of amides is 2. The van der Waals surface area contributed by atoms with Gasteiger partial charge in [-0.1, -0.05) is 30.3 Å². The molecule has 7 heteroatoms. The van der Waals surface area contributed by atoms with E-state index >= 15 is 0 Å². The summed E-state index contributed by atoms with van der Waals surface area (Å²) in [6.07, 6.45) is -1.82. The fourth-order valence-electron chi connectivity index (χ4n) is 2.20. The van der Waals surface area contributed by atoms with Crippen molar-refractivity contribution in [3.05, 3.63) is 35.9 Å². The highest BCUT2D eigenvalue weighted by atomic mass is 16.5. The summed E-state index contributed by atoms with van der Waals surface area (Å²) in [5.41, 5.74) is 0.151. The molecule has 3 N–H and O–H groups in total. The summed E-state index contributed by atoms with van der Waals surface area (Å²) >= 11 is 0. The average molecular weight is 324 g/mol. The molecule has 0 saturated carbocycles. The number of hydrogen-bond acceptors (Lipinski definition) is 4. The van der Waals surface area contributed by atoms with Crippen LogP contribution in [0.15, 0.2) is 30.3 Å². The van der Waals surface area contributed by atoms with E-state index in [2.05, 4.69) is 5.32 Å². The van der Waals surface area contributed by atoms with Gasteiger partial charge in [-0.2, -0.15) is 0 Å². The monoisotopic (exact) mass is 324 g/mol. The predicted molar refractivity (Wildman–Crippen MR) is 85.1 cm³/mol. The van der Waals surface area contributed by atoms with E-state index in [0.717, 1.165) is 10.5 Å². The van der Waals surface area contributed by atoms with Crippen LogP contribution in [-0.2, 0) is 11.3 Å². The molecular formula is C16H24N2O5. The molecule has 0 bridgehead atoms. The van der Waals surface area contributed by atoms with E-state index in [-0.39, 0.29) is 13.2 Å². The van der Waals surface area contributed by atoms with Crippen LogP contribution in [-0.4, -0.2) is 52.0 Å². The number of aliphatic hydroxyl groups is 1. The van der Waals surface area contributed by atoms with Gasteiger partial charge in [0.2, 0.25) is 0 Å². The zero-order valence-electron chi connectivity index (χ0n) is 13.7. The number of rotatable bonds is 6. The number of alkyl carbamates (subject to hydrolysis) is 1. The van der Waals surface area contributed by atoms with Gasteiger partial charge in [-0.05, 0) is 26.3 Å². The normalized spacial score (nSPS) is 12.3. The molecule has 0 fully saturated rings. The lowest BCUT2D eigenvalue weighted by atomic mass is 10.0. The zero-order valence-corrected chi connectivity index (χ0v) is 13.7. The second-order valence-electron chi connectivity index (χ2n) is 6.10. The lowest BCUT2D eigenvalue weighted by molar-refractivity contribution is 0.0451. The molecule has 1 aromatic carbocycles. The van der Waals surface area contributed by atoms with E-state index in [4.69, 9.17) is 4.74 Å². The summed E-state index contributed by atoms with van der Waals surface area (Å²) < 4.78 is 5.05. The molecule has 1 rings (SSSR count). The Morgan fingerprint density at radius 3 is 2.35 bits per heavy atom. The van der Waals surface area contributed by atoms with Gasteiger partial charge in [0.1, 0.15) is 6.61 Å². The van der Waals surface area contributed by atoms with E-state index in [0.29, 0.717) is 0 Å². The van der Waals surface area contributed by atoms with Crippen LogP contribution >= 0.6 is 0 Å². The maximum absolute atomic E-state index is 11.7. The zero-order chi connectivity index (χ0) is 17.5. The van der Waals surface area contributed by atoms with Crippen molar-refractivity contribution in [3.8, 4) is 0 Å². The van der Waals surface area contributed by atoms with Crippen molar-refractivity contribution in [1.82, 2.24) is 10.2 Å². The van der Waals surface area contributed by atoms with Gasteiger partial charge in [0.05, 0.1) is 12.6 Å². The third-order valence-electron chi connectivity index (χ3n) is 3.20. The van der Waals surface area contributed by atoms with Gasteiger partial charge in [0.15, 0.2) is 0 Å². The molecule has 0 aliphatic rings. The van der Waals surface area contributed by atoms with Crippen LogP contribution in [0.2, 0.25) is 0 Å². The Bertz CT molecular complexity index is 513. The number of nitrogens with zero attached hydrogens (tertiary/aromatic N) is 1. The smallest absolute Gasteiger partial charge is 0.408 e. The Balaban J connectivity index is 2.53. The number of nitrogens with one attached hydrogen (secondary N) is 1. The van der Waals surface area contributed by atoms with Crippen LogP contribution in [0.25, 0.3) is 0 Å². The number of aliphatic hydroxyl groups excluding tert-OH is 1. The van der Waals surface area contributed by atoms with Gasteiger partial charge in [-0.25, -0.2) is 9.59 Å². The van der Waals surface area contributed by atoms with Crippen molar-refractivity contribution in [3.63, 3.8) is 0 Å². The Kier molecular flexibility index (Phi) is 6.84. The molecule has 0 spiro atoms. The minimum absolute atomic E-state index is 0.0340. The molecule has 1 atom stereocenters. The van der Waals surface area contributed by atoms with E-state index in [1.807, 2.05) is 30.3 Å². The van der Waals surface area contributed by atoms with Crippen LogP contribution in [0, 0.1) is 0 Å². The van der Waals surface area contributed by atoms with Crippen molar-refractivity contribution in [2.45, 2.75) is 39.0 Å². The summed E-state index contributed by atoms with van der Waals surface area (Å²) in [4.78, 5) is 24.2. The molecule has 1 unspecified atom stereocenters. The van der Waals surface area contributed by atoms with Crippen molar-refractivity contribution < 1.29 is 24.5 Å². The first-order valence-electron chi connectivity index (χ1n) is 7.33. The topological polar surface area (TPSA) is 99.1 Å². The third kappa shape index (κ3) is 6.15. The average Bonchev–Trinajstić information content (AvgIpc) is 2.48. The summed E-state index contributed by atoms with van der Waals surface area (Å²) in [5, 5.41) is 21.2. The van der Waals surface area contributed by atoms with Gasteiger partial charge in [0.25, 0.3) is 0 Å². The van der Waals surface area contributed by atoms with E-state index in [1.165, 1.54) is 0 Å². The Morgan fingerprint density at radius 1 is 1.26 bits per heavy atom. The molecule has 7 nitrogen and oxygen atoms in total. The molecule has 1 aromatic rings. The third-order valence-corrected chi connectivity index (χ3v) is 3.20. The highest BCUT2D eigenvalue weighted by molar-refractivity contribution is 5.68. The van der Waals surface area contributed by atoms with Gasteiger partial charge in [-0.15, -0.1) is 0 Å². The van der Waals surface area contributed by atoms with E-state index in [9.17, 15) is 19.8 Å². The fourth-order valence-corrected chi connectivity index (χ4v) is 2.20. The van der Waals surface area contributed by atoms with Crippen LogP contribution in [0.4, 0.5) is 9.59 Å². The molecule has 0 aliphatic heterocycles. The number of hydrogen-bond donors (Lipinski definition) is 3. The molecule has 0 aromatic heterocycles. The molecule has 0 radical (unpaired) electrons. The summed E-state index contributed by atoms with van der Waals surface area (Å²) in [7, 11) is 0. The second kappa shape index (κ2) is 8.38. The highest BCUT2D eigenvalue weighted by Gasteiger charge is 2.33. The number of benzene rings is 1. The van der Waals surface area contributed by atoms with Gasteiger partial charge in [0, 0.05) is 12.1 Å². The molecule has 0 aliphatic carbocycles. The van der Waals surface area contributed by atoms with Crippen molar-refractivity contribution in [2.24, 2.45) is 0 Å². The van der Waals surface area contributed by atoms with E-state index in [1.54, 1.807) is 20.8 Å². The quantitative estimate of drug-likeness (QED) is 0.744. The largest absolute Gasteiger partial charge is 0.465 e. The molecule has 128 valence electrons.